The molecule has 0 saturated carbocycles. The van der Waals surface area contributed by atoms with Gasteiger partial charge in [0.1, 0.15) is 0 Å². The van der Waals surface area contributed by atoms with Crippen molar-refractivity contribution >= 4 is 23.2 Å². The second-order valence-corrected chi connectivity index (χ2v) is 6.55. The van der Waals surface area contributed by atoms with Crippen LogP contribution in [0.5, 0.6) is 0 Å². The first-order valence-electron chi connectivity index (χ1n) is 8.97. The Morgan fingerprint density at radius 1 is 1.11 bits per heavy atom. The summed E-state index contributed by atoms with van der Waals surface area (Å²) in [6, 6.07) is 16.8. The van der Waals surface area contributed by atoms with Gasteiger partial charge in [0.2, 0.25) is 5.91 Å². The molecule has 2 amide bonds. The first-order valence-corrected chi connectivity index (χ1v) is 8.97. The molecule has 0 aliphatic carbocycles. The van der Waals surface area contributed by atoms with E-state index in [0.29, 0.717) is 24.2 Å². The number of aromatic nitrogens is 2. The highest BCUT2D eigenvalue weighted by Crippen LogP contribution is 2.24. The third-order valence-electron chi connectivity index (χ3n) is 4.61. The Bertz CT molecular complexity index is 949. The van der Waals surface area contributed by atoms with Gasteiger partial charge >= 0.3 is 0 Å². The predicted octanol–water partition coefficient (Wildman–Crippen LogP) is 3.31. The summed E-state index contributed by atoms with van der Waals surface area (Å²) in [6.07, 6.45) is 5.10. The van der Waals surface area contributed by atoms with Crippen LogP contribution in [0.15, 0.2) is 67.0 Å². The molecular formula is C21H20N4O2. The van der Waals surface area contributed by atoms with Crippen LogP contribution in [0.2, 0.25) is 0 Å². The van der Waals surface area contributed by atoms with Crippen LogP contribution in [0.1, 0.15) is 28.8 Å². The lowest BCUT2D eigenvalue weighted by molar-refractivity contribution is -0.117. The smallest absolute Gasteiger partial charge is 0.255 e. The van der Waals surface area contributed by atoms with E-state index in [-0.39, 0.29) is 11.8 Å². The number of benzene rings is 2. The predicted molar refractivity (Wildman–Crippen MR) is 104 cm³/mol. The van der Waals surface area contributed by atoms with Gasteiger partial charge in [0.15, 0.2) is 0 Å². The fourth-order valence-electron chi connectivity index (χ4n) is 3.22. The molecule has 1 saturated heterocycles. The molecule has 4 rings (SSSR count). The molecule has 27 heavy (non-hydrogen) atoms. The Balaban J connectivity index is 1.43. The summed E-state index contributed by atoms with van der Waals surface area (Å²) in [4.78, 5) is 26.2. The van der Waals surface area contributed by atoms with Crippen molar-refractivity contribution in [2.75, 3.05) is 16.8 Å². The average Bonchev–Trinajstić information content (AvgIpc) is 3.34. The Hall–Kier alpha value is -3.41. The van der Waals surface area contributed by atoms with E-state index in [4.69, 9.17) is 0 Å². The highest BCUT2D eigenvalue weighted by molar-refractivity contribution is 6.05. The van der Waals surface area contributed by atoms with Crippen molar-refractivity contribution in [1.82, 2.24) is 9.78 Å². The van der Waals surface area contributed by atoms with E-state index in [2.05, 4.69) is 10.4 Å². The van der Waals surface area contributed by atoms with Gasteiger partial charge in [-0.05, 0) is 48.4 Å². The molecular weight excluding hydrogens is 340 g/mol. The Labute approximate surface area is 157 Å². The van der Waals surface area contributed by atoms with Crippen molar-refractivity contribution in [3.8, 4) is 0 Å². The Kier molecular flexibility index (Phi) is 4.70. The first kappa shape index (κ1) is 17.0. The van der Waals surface area contributed by atoms with Crippen molar-refractivity contribution < 1.29 is 9.59 Å². The number of anilines is 2. The molecule has 0 radical (unpaired) electrons. The standard InChI is InChI=1S/C21H20N4O2/c26-20-6-2-13-25(20)19-5-1-4-18(14-19)23-21(27)17-9-7-16(8-10-17)15-24-12-3-11-22-24/h1,3-5,7-12,14H,2,6,13,15H2,(H,23,27). The molecule has 0 unspecified atom stereocenters. The summed E-state index contributed by atoms with van der Waals surface area (Å²) in [5.74, 6) is -0.0446. The lowest BCUT2D eigenvalue weighted by atomic mass is 10.1. The van der Waals surface area contributed by atoms with E-state index in [9.17, 15) is 9.59 Å². The number of nitrogens with one attached hydrogen (secondary N) is 1. The van der Waals surface area contributed by atoms with Crippen molar-refractivity contribution in [3.05, 3.63) is 78.1 Å². The van der Waals surface area contributed by atoms with Gasteiger partial charge in [-0.3, -0.25) is 14.3 Å². The van der Waals surface area contributed by atoms with Crippen molar-refractivity contribution in [3.63, 3.8) is 0 Å². The number of carbonyl (C=O) groups is 2. The summed E-state index contributed by atoms with van der Waals surface area (Å²) >= 11 is 0. The lowest BCUT2D eigenvalue weighted by Gasteiger charge is -2.16. The zero-order valence-electron chi connectivity index (χ0n) is 14.8. The third kappa shape index (κ3) is 3.89. The number of amides is 2. The second kappa shape index (κ2) is 7.45. The van der Waals surface area contributed by atoms with Gasteiger partial charge in [0.25, 0.3) is 5.91 Å². The van der Waals surface area contributed by atoms with Crippen molar-refractivity contribution in [2.45, 2.75) is 19.4 Å². The molecule has 1 aromatic heterocycles. The van der Waals surface area contributed by atoms with E-state index in [0.717, 1.165) is 24.2 Å². The molecule has 1 fully saturated rings. The van der Waals surface area contributed by atoms with Gasteiger partial charge in [-0.1, -0.05) is 18.2 Å². The largest absolute Gasteiger partial charge is 0.322 e. The van der Waals surface area contributed by atoms with E-state index in [1.807, 2.05) is 65.5 Å². The summed E-state index contributed by atoms with van der Waals surface area (Å²) in [5, 5.41) is 7.09. The van der Waals surface area contributed by atoms with Crippen LogP contribution < -0.4 is 10.2 Å². The zero-order chi connectivity index (χ0) is 18.6. The van der Waals surface area contributed by atoms with Gasteiger partial charge in [-0.25, -0.2) is 0 Å². The van der Waals surface area contributed by atoms with E-state index >= 15 is 0 Å². The van der Waals surface area contributed by atoms with Crippen LogP contribution in [0.25, 0.3) is 0 Å². The minimum atomic E-state index is -0.175. The third-order valence-corrected chi connectivity index (χ3v) is 4.61. The Morgan fingerprint density at radius 3 is 2.67 bits per heavy atom. The second-order valence-electron chi connectivity index (χ2n) is 6.55. The molecule has 136 valence electrons. The number of rotatable bonds is 5. The average molecular weight is 360 g/mol. The quantitative estimate of drug-likeness (QED) is 0.759. The molecule has 2 aromatic carbocycles. The van der Waals surface area contributed by atoms with Gasteiger partial charge in [0.05, 0.1) is 6.54 Å². The van der Waals surface area contributed by atoms with E-state index in [1.165, 1.54) is 0 Å². The zero-order valence-corrected chi connectivity index (χ0v) is 14.8. The molecule has 6 nitrogen and oxygen atoms in total. The maximum absolute atomic E-state index is 12.5. The number of hydrogen-bond acceptors (Lipinski definition) is 3. The Morgan fingerprint density at radius 2 is 1.96 bits per heavy atom. The summed E-state index contributed by atoms with van der Waals surface area (Å²) in [5.41, 5.74) is 3.16. The molecule has 6 heteroatoms. The number of nitrogens with zero attached hydrogens (tertiary/aromatic N) is 3. The highest BCUT2D eigenvalue weighted by atomic mass is 16.2. The maximum atomic E-state index is 12.5. The van der Waals surface area contributed by atoms with Gasteiger partial charge in [-0.15, -0.1) is 0 Å². The molecule has 1 aliphatic heterocycles. The lowest BCUT2D eigenvalue weighted by Crippen LogP contribution is -2.23. The van der Waals surface area contributed by atoms with Crippen LogP contribution in [-0.4, -0.2) is 28.1 Å². The van der Waals surface area contributed by atoms with Crippen molar-refractivity contribution in [1.29, 1.82) is 0 Å². The van der Waals surface area contributed by atoms with Crippen LogP contribution in [0, 0.1) is 0 Å². The fraction of sp³-hybridized carbons (Fsp3) is 0.190. The molecule has 3 aromatic rings. The molecule has 2 heterocycles. The minimum Gasteiger partial charge on any atom is -0.322 e. The molecule has 1 aliphatic rings. The molecule has 0 spiro atoms. The van der Waals surface area contributed by atoms with E-state index < -0.39 is 0 Å². The SMILES string of the molecule is O=C(Nc1cccc(N2CCCC2=O)c1)c1ccc(Cn2cccn2)cc1. The maximum Gasteiger partial charge on any atom is 0.255 e. The first-order chi connectivity index (χ1) is 13.2. The van der Waals surface area contributed by atoms with Crippen LogP contribution in [0.3, 0.4) is 0 Å². The highest BCUT2D eigenvalue weighted by Gasteiger charge is 2.21. The van der Waals surface area contributed by atoms with Crippen LogP contribution in [-0.2, 0) is 11.3 Å². The summed E-state index contributed by atoms with van der Waals surface area (Å²) < 4.78 is 1.83. The van der Waals surface area contributed by atoms with Crippen LogP contribution >= 0.6 is 0 Å². The molecule has 0 bridgehead atoms. The monoisotopic (exact) mass is 360 g/mol. The van der Waals surface area contributed by atoms with Crippen molar-refractivity contribution in [2.24, 2.45) is 0 Å². The normalized spacial score (nSPS) is 13.8. The minimum absolute atomic E-state index is 0.131. The number of hydrogen-bond donors (Lipinski definition) is 1. The van der Waals surface area contributed by atoms with Gasteiger partial charge < -0.3 is 10.2 Å². The summed E-state index contributed by atoms with van der Waals surface area (Å²) in [7, 11) is 0. The molecule has 0 atom stereocenters. The molecule has 1 N–H and O–H groups in total. The topological polar surface area (TPSA) is 67.2 Å². The van der Waals surface area contributed by atoms with Gasteiger partial charge in [-0.2, -0.15) is 5.10 Å². The number of carbonyl (C=O) groups excluding carboxylic acids is 2. The fourth-order valence-corrected chi connectivity index (χ4v) is 3.22. The van der Waals surface area contributed by atoms with E-state index in [1.54, 1.807) is 11.1 Å². The summed E-state index contributed by atoms with van der Waals surface area (Å²) in [6.45, 7) is 1.40. The van der Waals surface area contributed by atoms with Gasteiger partial charge in [0, 0.05) is 42.3 Å². The van der Waals surface area contributed by atoms with Crippen LogP contribution in [0.4, 0.5) is 11.4 Å².